The normalized spacial score (nSPS) is 11.5. The van der Waals surface area contributed by atoms with Crippen molar-refractivity contribution in [1.29, 1.82) is 0 Å². The third-order valence-electron chi connectivity index (χ3n) is 4.66. The van der Waals surface area contributed by atoms with E-state index >= 15 is 0 Å². The van der Waals surface area contributed by atoms with Crippen LogP contribution in [0.15, 0.2) is 67.0 Å². The first-order valence-corrected chi connectivity index (χ1v) is 9.64. The molecule has 0 aliphatic heterocycles. The number of hydrogen-bond acceptors (Lipinski definition) is 4. The Morgan fingerprint density at radius 2 is 1.72 bits per heavy atom. The Bertz CT molecular complexity index is 1330. The molecule has 4 aromatic rings. The summed E-state index contributed by atoms with van der Waals surface area (Å²) in [5.74, 6) is -1.58. The van der Waals surface area contributed by atoms with Gasteiger partial charge in [-0.25, -0.2) is 4.39 Å². The van der Waals surface area contributed by atoms with Gasteiger partial charge in [-0.1, -0.05) is 23.7 Å². The number of nitrogens with zero attached hydrogens (tertiary/aromatic N) is 2. The number of carbonyl (C=O) groups is 1. The summed E-state index contributed by atoms with van der Waals surface area (Å²) >= 11 is 6.25. The summed E-state index contributed by atoms with van der Waals surface area (Å²) in [7, 11) is 0. The molecule has 3 aromatic carbocycles. The molecular weight excluding hydrogens is 448 g/mol. The lowest BCUT2D eigenvalue weighted by Gasteiger charge is -2.13. The zero-order chi connectivity index (χ0) is 22.9. The number of fused-ring (bicyclic) bond motifs is 1. The van der Waals surface area contributed by atoms with Crippen LogP contribution in [-0.4, -0.2) is 15.8 Å². The van der Waals surface area contributed by atoms with Crippen LogP contribution in [0.1, 0.15) is 27.0 Å². The van der Waals surface area contributed by atoms with E-state index in [4.69, 9.17) is 16.3 Å². The lowest BCUT2D eigenvalue weighted by Crippen LogP contribution is -2.08. The van der Waals surface area contributed by atoms with Gasteiger partial charge in [0, 0.05) is 18.0 Å². The highest BCUT2D eigenvalue weighted by Crippen LogP contribution is 2.34. The van der Waals surface area contributed by atoms with Crippen molar-refractivity contribution in [3.8, 4) is 5.75 Å². The van der Waals surface area contributed by atoms with Crippen molar-refractivity contribution in [3.63, 3.8) is 0 Å². The predicted molar refractivity (Wildman–Crippen MR) is 110 cm³/mol. The van der Waals surface area contributed by atoms with Gasteiger partial charge in [-0.15, -0.1) is 0 Å². The van der Waals surface area contributed by atoms with Gasteiger partial charge in [0.25, 0.3) is 0 Å². The van der Waals surface area contributed by atoms with Crippen LogP contribution in [0.5, 0.6) is 5.75 Å². The molecule has 0 atom stereocenters. The molecule has 4 rings (SSSR count). The number of alkyl halides is 3. The largest absolute Gasteiger partial charge is 0.487 e. The molecule has 0 saturated heterocycles. The molecule has 0 amide bonds. The van der Waals surface area contributed by atoms with Crippen molar-refractivity contribution in [2.45, 2.75) is 12.8 Å². The summed E-state index contributed by atoms with van der Waals surface area (Å²) in [4.78, 5) is 21.2. The molecule has 0 aliphatic rings. The van der Waals surface area contributed by atoms with Crippen LogP contribution in [0.25, 0.3) is 11.0 Å². The van der Waals surface area contributed by atoms with Crippen LogP contribution >= 0.6 is 11.6 Å². The van der Waals surface area contributed by atoms with E-state index in [0.29, 0.717) is 11.0 Å². The number of halogens is 5. The van der Waals surface area contributed by atoms with Crippen LogP contribution < -0.4 is 4.74 Å². The van der Waals surface area contributed by atoms with Crippen LogP contribution in [-0.2, 0) is 12.8 Å². The Morgan fingerprint density at radius 3 is 2.47 bits per heavy atom. The van der Waals surface area contributed by atoms with Gasteiger partial charge < -0.3 is 4.74 Å². The fraction of sp³-hybridized carbons (Fsp3) is 0.0870. The highest BCUT2D eigenvalue weighted by molar-refractivity contribution is 6.36. The van der Waals surface area contributed by atoms with E-state index < -0.39 is 28.9 Å². The first-order valence-electron chi connectivity index (χ1n) is 9.26. The highest BCUT2D eigenvalue weighted by Gasteiger charge is 2.30. The third kappa shape index (κ3) is 4.40. The second-order valence-electron chi connectivity index (χ2n) is 6.81. The first kappa shape index (κ1) is 21.7. The molecular formula is C23H13ClF4N2O2. The molecule has 0 fully saturated rings. The summed E-state index contributed by atoms with van der Waals surface area (Å²) in [5.41, 5.74) is 0.172. The van der Waals surface area contributed by atoms with Gasteiger partial charge in [-0.2, -0.15) is 13.2 Å². The Labute approximate surface area is 184 Å². The molecule has 0 bridgehead atoms. The number of carbonyl (C=O) groups excluding carboxylic acids is 1. The van der Waals surface area contributed by atoms with Crippen molar-refractivity contribution in [2.24, 2.45) is 0 Å². The quantitative estimate of drug-likeness (QED) is 0.261. The smallest absolute Gasteiger partial charge is 0.416 e. The van der Waals surface area contributed by atoms with Gasteiger partial charge in [0.05, 0.1) is 27.2 Å². The van der Waals surface area contributed by atoms with E-state index in [-0.39, 0.29) is 28.5 Å². The minimum Gasteiger partial charge on any atom is -0.487 e. The summed E-state index contributed by atoms with van der Waals surface area (Å²) in [6, 6.07) is 11.4. The maximum Gasteiger partial charge on any atom is 0.416 e. The number of ketones is 1. The zero-order valence-electron chi connectivity index (χ0n) is 16.2. The average Bonchev–Trinajstić information content (AvgIpc) is 2.78. The lowest BCUT2D eigenvalue weighted by atomic mass is 10.0. The van der Waals surface area contributed by atoms with Gasteiger partial charge in [-0.3, -0.25) is 14.8 Å². The minimum absolute atomic E-state index is 0.0330. The molecule has 0 unspecified atom stereocenters. The number of rotatable bonds is 5. The molecule has 0 spiro atoms. The van der Waals surface area contributed by atoms with Crippen molar-refractivity contribution < 1.29 is 27.1 Å². The Balaban J connectivity index is 1.62. The fourth-order valence-electron chi connectivity index (χ4n) is 3.10. The molecule has 0 radical (unpaired) electrons. The minimum atomic E-state index is -4.49. The topological polar surface area (TPSA) is 52.1 Å². The van der Waals surface area contributed by atoms with Crippen molar-refractivity contribution in [3.05, 3.63) is 100 Å². The van der Waals surface area contributed by atoms with E-state index in [0.717, 1.165) is 18.2 Å². The second kappa shape index (κ2) is 8.55. The van der Waals surface area contributed by atoms with E-state index in [1.165, 1.54) is 42.7 Å². The molecule has 162 valence electrons. The van der Waals surface area contributed by atoms with E-state index in [1.54, 1.807) is 6.07 Å². The Morgan fingerprint density at radius 1 is 0.969 bits per heavy atom. The molecule has 32 heavy (non-hydrogen) atoms. The predicted octanol–water partition coefficient (Wildman–Crippen LogP) is 6.25. The summed E-state index contributed by atoms with van der Waals surface area (Å²) < 4.78 is 58.7. The van der Waals surface area contributed by atoms with Crippen molar-refractivity contribution in [2.75, 3.05) is 0 Å². The van der Waals surface area contributed by atoms with Crippen molar-refractivity contribution >= 4 is 28.4 Å². The number of benzene rings is 3. The molecule has 9 heteroatoms. The standard InChI is InChI=1S/C23H13ClF4N2O2/c24-21-19(32-12-13-2-1-3-15(10-13)23(26,27)28)7-5-16(25)20(21)22(31)14-4-6-17-18(11-14)30-9-8-29-17/h1-11H,12H2. The fourth-order valence-corrected chi connectivity index (χ4v) is 3.39. The number of ether oxygens (including phenoxy) is 1. The maximum absolute atomic E-state index is 14.5. The van der Waals surface area contributed by atoms with E-state index in [9.17, 15) is 22.4 Å². The van der Waals surface area contributed by atoms with Crippen LogP contribution in [0.4, 0.5) is 17.6 Å². The molecule has 0 aliphatic carbocycles. The summed E-state index contributed by atoms with van der Waals surface area (Å²) in [6.07, 6.45) is -1.52. The van der Waals surface area contributed by atoms with Gasteiger partial charge in [0.15, 0.2) is 5.78 Å². The monoisotopic (exact) mass is 460 g/mol. The molecule has 0 saturated carbocycles. The SMILES string of the molecule is O=C(c1ccc2nccnc2c1)c1c(F)ccc(OCc2cccc(C(F)(F)F)c2)c1Cl. The van der Waals surface area contributed by atoms with Gasteiger partial charge in [0.1, 0.15) is 18.2 Å². The van der Waals surface area contributed by atoms with Gasteiger partial charge in [-0.05, 0) is 48.0 Å². The van der Waals surface area contributed by atoms with Crippen LogP contribution in [0.2, 0.25) is 5.02 Å². The highest BCUT2D eigenvalue weighted by atomic mass is 35.5. The summed E-state index contributed by atoms with van der Waals surface area (Å²) in [6.45, 7) is -0.255. The van der Waals surface area contributed by atoms with Crippen molar-refractivity contribution in [1.82, 2.24) is 9.97 Å². The second-order valence-corrected chi connectivity index (χ2v) is 7.19. The van der Waals surface area contributed by atoms with E-state index in [2.05, 4.69) is 9.97 Å². The average molecular weight is 461 g/mol. The zero-order valence-corrected chi connectivity index (χ0v) is 16.9. The third-order valence-corrected chi connectivity index (χ3v) is 5.04. The van der Waals surface area contributed by atoms with Gasteiger partial charge >= 0.3 is 6.18 Å². The number of aromatic nitrogens is 2. The molecule has 0 N–H and O–H groups in total. The lowest BCUT2D eigenvalue weighted by molar-refractivity contribution is -0.137. The Kier molecular flexibility index (Phi) is 5.80. The first-order chi connectivity index (χ1) is 15.2. The van der Waals surface area contributed by atoms with Crippen LogP contribution in [0, 0.1) is 5.82 Å². The van der Waals surface area contributed by atoms with E-state index in [1.807, 2.05) is 0 Å². The van der Waals surface area contributed by atoms with Gasteiger partial charge in [0.2, 0.25) is 0 Å². The Hall–Kier alpha value is -3.52. The molecule has 1 aromatic heterocycles. The molecule has 1 heterocycles. The molecule has 4 nitrogen and oxygen atoms in total. The maximum atomic E-state index is 14.5. The summed E-state index contributed by atoms with van der Waals surface area (Å²) in [5, 5.41) is -0.277. The number of hydrogen-bond donors (Lipinski definition) is 0. The van der Waals surface area contributed by atoms with Crippen LogP contribution in [0.3, 0.4) is 0 Å².